The van der Waals surface area contributed by atoms with E-state index in [0.717, 1.165) is 23.6 Å². The number of piperidine rings is 1. The van der Waals surface area contributed by atoms with Gasteiger partial charge in [0.2, 0.25) is 5.91 Å². The molecule has 0 spiro atoms. The number of nitrogens with one attached hydrogen (secondary N) is 1. The van der Waals surface area contributed by atoms with Gasteiger partial charge in [0.15, 0.2) is 0 Å². The number of hydrogen-bond acceptors (Lipinski definition) is 1. The number of amides is 1. The Labute approximate surface area is 94.6 Å². The van der Waals surface area contributed by atoms with Crippen molar-refractivity contribution in [3.63, 3.8) is 0 Å². The van der Waals surface area contributed by atoms with Gasteiger partial charge in [-0.2, -0.15) is 0 Å². The number of hydrogen-bond donors (Lipinski definition) is 1. The second-order valence-corrected chi connectivity index (χ2v) is 4.46. The summed E-state index contributed by atoms with van der Waals surface area (Å²) in [4.78, 5) is 11.3. The van der Waals surface area contributed by atoms with Crippen molar-refractivity contribution in [3.05, 3.63) is 34.3 Å². The predicted octanol–water partition coefficient (Wildman–Crippen LogP) is 2.64. The first-order chi connectivity index (χ1) is 7.16. The van der Waals surface area contributed by atoms with Gasteiger partial charge in [-0.1, -0.05) is 23.7 Å². The molecule has 2 nitrogen and oxygen atoms in total. The molecule has 0 aliphatic carbocycles. The molecule has 0 bridgehead atoms. The van der Waals surface area contributed by atoms with E-state index in [1.54, 1.807) is 0 Å². The maximum absolute atomic E-state index is 11.3. The Balaban J connectivity index is 2.21. The summed E-state index contributed by atoms with van der Waals surface area (Å²) < 4.78 is 0. The van der Waals surface area contributed by atoms with Gasteiger partial charge >= 0.3 is 0 Å². The molecule has 3 heteroatoms. The Hall–Kier alpha value is -1.02. The van der Waals surface area contributed by atoms with Crippen LogP contribution in [0.5, 0.6) is 0 Å². The zero-order chi connectivity index (χ0) is 10.8. The van der Waals surface area contributed by atoms with Crippen molar-refractivity contribution in [2.45, 2.75) is 25.7 Å². The summed E-state index contributed by atoms with van der Waals surface area (Å²) >= 11 is 5.97. The van der Waals surface area contributed by atoms with Crippen LogP contribution < -0.4 is 5.32 Å². The predicted molar refractivity (Wildman–Crippen MR) is 61.2 cm³/mol. The van der Waals surface area contributed by atoms with Crippen LogP contribution in [0, 0.1) is 6.92 Å². The van der Waals surface area contributed by atoms with Crippen LogP contribution in [0.1, 0.15) is 29.9 Å². The van der Waals surface area contributed by atoms with Crippen molar-refractivity contribution in [3.8, 4) is 0 Å². The number of carbonyl (C=O) groups is 1. The lowest BCUT2D eigenvalue weighted by atomic mass is 9.89. The smallest absolute Gasteiger partial charge is 0.220 e. The van der Waals surface area contributed by atoms with Crippen molar-refractivity contribution in [1.29, 1.82) is 0 Å². The molecular formula is C12H14ClNO. The van der Waals surface area contributed by atoms with E-state index in [9.17, 15) is 4.79 Å². The number of rotatable bonds is 1. The van der Waals surface area contributed by atoms with E-state index in [0.29, 0.717) is 12.3 Å². The highest BCUT2D eigenvalue weighted by atomic mass is 35.5. The third-order valence-electron chi connectivity index (χ3n) is 2.90. The molecule has 1 aliphatic rings. The molecule has 0 saturated carbocycles. The van der Waals surface area contributed by atoms with Crippen LogP contribution in [0.2, 0.25) is 5.02 Å². The topological polar surface area (TPSA) is 29.1 Å². The fourth-order valence-electron chi connectivity index (χ4n) is 1.99. The largest absolute Gasteiger partial charge is 0.356 e. The molecule has 80 valence electrons. The molecule has 1 aliphatic heterocycles. The van der Waals surface area contributed by atoms with Gasteiger partial charge in [-0.3, -0.25) is 4.79 Å². The molecule has 1 aromatic carbocycles. The van der Waals surface area contributed by atoms with Gasteiger partial charge < -0.3 is 5.32 Å². The third-order valence-corrected chi connectivity index (χ3v) is 3.32. The molecule has 1 saturated heterocycles. The van der Waals surface area contributed by atoms with Crippen molar-refractivity contribution in [2.24, 2.45) is 0 Å². The quantitative estimate of drug-likeness (QED) is 0.779. The van der Waals surface area contributed by atoms with Gasteiger partial charge in [-0.25, -0.2) is 0 Å². The monoisotopic (exact) mass is 223 g/mol. The molecule has 1 fully saturated rings. The molecule has 1 amide bonds. The fourth-order valence-corrected chi connectivity index (χ4v) is 2.11. The molecule has 1 heterocycles. The average Bonchev–Trinajstić information content (AvgIpc) is 2.22. The van der Waals surface area contributed by atoms with Gasteiger partial charge in [0.1, 0.15) is 0 Å². The summed E-state index contributed by atoms with van der Waals surface area (Å²) in [5, 5.41) is 3.63. The van der Waals surface area contributed by atoms with Crippen molar-refractivity contribution < 1.29 is 4.79 Å². The average molecular weight is 224 g/mol. The lowest BCUT2D eigenvalue weighted by molar-refractivity contribution is -0.122. The number of carbonyl (C=O) groups excluding carboxylic acids is 1. The highest BCUT2D eigenvalue weighted by Crippen LogP contribution is 2.28. The molecule has 1 aromatic rings. The summed E-state index contributed by atoms with van der Waals surface area (Å²) in [5.74, 6) is 0.508. The normalized spacial score (nSPS) is 21.2. The van der Waals surface area contributed by atoms with Gasteiger partial charge in [0, 0.05) is 18.0 Å². The zero-order valence-corrected chi connectivity index (χ0v) is 9.47. The Bertz CT molecular complexity index is 389. The second-order valence-electron chi connectivity index (χ2n) is 4.05. The molecule has 1 atom stereocenters. The molecular weight excluding hydrogens is 210 g/mol. The minimum Gasteiger partial charge on any atom is -0.356 e. The van der Waals surface area contributed by atoms with E-state index < -0.39 is 0 Å². The number of halogens is 1. The first-order valence-electron chi connectivity index (χ1n) is 5.19. The van der Waals surface area contributed by atoms with Gasteiger partial charge in [-0.05, 0) is 36.5 Å². The van der Waals surface area contributed by atoms with Crippen molar-refractivity contribution >= 4 is 17.5 Å². The fraction of sp³-hybridized carbons (Fsp3) is 0.417. The molecule has 1 N–H and O–H groups in total. The van der Waals surface area contributed by atoms with Crippen LogP contribution in [0.4, 0.5) is 0 Å². The Morgan fingerprint density at radius 3 is 2.93 bits per heavy atom. The third kappa shape index (κ3) is 2.32. The minimum absolute atomic E-state index is 0.152. The lowest BCUT2D eigenvalue weighted by Crippen LogP contribution is -2.32. The second kappa shape index (κ2) is 4.23. The van der Waals surface area contributed by atoms with E-state index in [-0.39, 0.29) is 5.91 Å². The van der Waals surface area contributed by atoms with Crippen LogP contribution in [0.15, 0.2) is 18.2 Å². The Morgan fingerprint density at radius 2 is 2.27 bits per heavy atom. The van der Waals surface area contributed by atoms with Crippen LogP contribution in [-0.4, -0.2) is 12.5 Å². The van der Waals surface area contributed by atoms with Crippen LogP contribution >= 0.6 is 11.6 Å². The Kier molecular flexibility index (Phi) is 2.96. The molecule has 15 heavy (non-hydrogen) atoms. The summed E-state index contributed by atoms with van der Waals surface area (Å²) in [6.45, 7) is 2.78. The molecule has 0 radical (unpaired) electrons. The maximum atomic E-state index is 11.3. The van der Waals surface area contributed by atoms with Crippen LogP contribution in [0.3, 0.4) is 0 Å². The molecule has 0 aromatic heterocycles. The maximum Gasteiger partial charge on any atom is 0.220 e. The SMILES string of the molecule is Cc1cc(C2CCNC(=O)C2)ccc1Cl. The highest BCUT2D eigenvalue weighted by molar-refractivity contribution is 6.31. The van der Waals surface area contributed by atoms with E-state index in [2.05, 4.69) is 11.4 Å². The minimum atomic E-state index is 0.152. The van der Waals surface area contributed by atoms with E-state index in [4.69, 9.17) is 11.6 Å². The lowest BCUT2D eigenvalue weighted by Gasteiger charge is -2.22. The van der Waals surface area contributed by atoms with Crippen LogP contribution in [-0.2, 0) is 4.79 Å². The Morgan fingerprint density at radius 1 is 1.47 bits per heavy atom. The number of benzene rings is 1. The van der Waals surface area contributed by atoms with Gasteiger partial charge in [0.25, 0.3) is 0 Å². The van der Waals surface area contributed by atoms with Crippen molar-refractivity contribution in [1.82, 2.24) is 5.32 Å². The highest BCUT2D eigenvalue weighted by Gasteiger charge is 2.20. The van der Waals surface area contributed by atoms with Crippen LogP contribution in [0.25, 0.3) is 0 Å². The summed E-state index contributed by atoms with van der Waals surface area (Å²) in [7, 11) is 0. The van der Waals surface area contributed by atoms with E-state index in [1.165, 1.54) is 5.56 Å². The zero-order valence-electron chi connectivity index (χ0n) is 8.72. The van der Waals surface area contributed by atoms with E-state index >= 15 is 0 Å². The van der Waals surface area contributed by atoms with Gasteiger partial charge in [0.05, 0.1) is 0 Å². The summed E-state index contributed by atoms with van der Waals surface area (Å²) in [6, 6.07) is 6.03. The molecule has 2 rings (SSSR count). The standard InChI is InChI=1S/C12H14ClNO/c1-8-6-9(2-3-11(8)13)10-4-5-14-12(15)7-10/h2-3,6,10H,4-5,7H2,1H3,(H,14,15). The number of aryl methyl sites for hydroxylation is 1. The van der Waals surface area contributed by atoms with Gasteiger partial charge in [-0.15, -0.1) is 0 Å². The summed E-state index contributed by atoms with van der Waals surface area (Å²) in [5.41, 5.74) is 2.31. The van der Waals surface area contributed by atoms with E-state index in [1.807, 2.05) is 19.1 Å². The first kappa shape index (κ1) is 10.5. The molecule has 1 unspecified atom stereocenters. The first-order valence-corrected chi connectivity index (χ1v) is 5.57. The summed E-state index contributed by atoms with van der Waals surface area (Å²) in [6.07, 6.45) is 1.62. The van der Waals surface area contributed by atoms with Crippen molar-refractivity contribution in [2.75, 3.05) is 6.54 Å².